The molecule has 6 heteroatoms. The summed E-state index contributed by atoms with van der Waals surface area (Å²) in [5, 5.41) is 0. The molecule has 0 radical (unpaired) electrons. The van der Waals surface area contributed by atoms with Crippen LogP contribution in [0, 0.1) is 6.92 Å². The smallest absolute Gasteiger partial charge is 0.273 e. The Morgan fingerprint density at radius 3 is 2.48 bits per heavy atom. The van der Waals surface area contributed by atoms with Crippen molar-refractivity contribution < 1.29 is 18.7 Å². The second-order valence-corrected chi connectivity index (χ2v) is 5.65. The second-order valence-electron chi connectivity index (χ2n) is 5.65. The molecule has 0 atom stereocenters. The van der Waals surface area contributed by atoms with Crippen molar-refractivity contribution in [3.05, 3.63) is 89.9 Å². The third kappa shape index (κ3) is 5.09. The number of hydrogen-bond acceptors (Lipinski definition) is 4. The Bertz CT molecular complexity index is 961. The third-order valence-corrected chi connectivity index (χ3v) is 3.67. The van der Waals surface area contributed by atoms with Gasteiger partial charge in [-0.05, 0) is 48.9 Å². The predicted octanol–water partition coefficient (Wildman–Crippen LogP) is 3.85. The van der Waals surface area contributed by atoms with Gasteiger partial charge in [0, 0.05) is 6.08 Å². The molecule has 2 N–H and O–H groups in total. The van der Waals surface area contributed by atoms with Crippen LogP contribution in [0.25, 0.3) is 6.08 Å². The summed E-state index contributed by atoms with van der Waals surface area (Å²) in [5.74, 6) is 0.966. The zero-order chi connectivity index (χ0) is 19.1. The Morgan fingerprint density at radius 2 is 1.74 bits per heavy atom. The van der Waals surface area contributed by atoms with E-state index in [2.05, 4.69) is 10.9 Å². The molecule has 27 heavy (non-hydrogen) atoms. The van der Waals surface area contributed by atoms with Crippen LogP contribution in [-0.4, -0.2) is 11.8 Å². The molecule has 3 rings (SSSR count). The summed E-state index contributed by atoms with van der Waals surface area (Å²) in [6.45, 7) is 1.67. The van der Waals surface area contributed by atoms with Crippen molar-refractivity contribution in [2.24, 2.45) is 0 Å². The second kappa shape index (κ2) is 8.53. The molecule has 0 aliphatic carbocycles. The Kier molecular flexibility index (Phi) is 5.69. The first-order chi connectivity index (χ1) is 13.1. The number of para-hydroxylation sites is 1. The molecule has 0 aliphatic rings. The van der Waals surface area contributed by atoms with Crippen LogP contribution in [0.2, 0.25) is 0 Å². The van der Waals surface area contributed by atoms with Crippen LogP contribution >= 0.6 is 0 Å². The average molecular weight is 362 g/mol. The summed E-state index contributed by atoms with van der Waals surface area (Å²) in [5.41, 5.74) is 5.81. The summed E-state index contributed by atoms with van der Waals surface area (Å²) in [6, 6.07) is 18.3. The number of furan rings is 1. The molecular weight excluding hydrogens is 344 g/mol. The van der Waals surface area contributed by atoms with Crippen molar-refractivity contribution in [2.75, 3.05) is 0 Å². The number of carbonyl (C=O) groups excluding carboxylic acids is 2. The summed E-state index contributed by atoms with van der Waals surface area (Å²) >= 11 is 0. The maximum absolute atomic E-state index is 11.9. The molecule has 0 fully saturated rings. The van der Waals surface area contributed by atoms with E-state index in [1.807, 2.05) is 54.6 Å². The van der Waals surface area contributed by atoms with Crippen LogP contribution in [0.4, 0.5) is 0 Å². The van der Waals surface area contributed by atoms with E-state index in [1.54, 1.807) is 13.0 Å². The molecule has 136 valence electrons. The normalized spacial score (nSPS) is 10.6. The van der Waals surface area contributed by atoms with E-state index in [1.165, 1.54) is 18.4 Å². The zero-order valence-corrected chi connectivity index (χ0v) is 14.6. The molecule has 2 amide bonds. The fourth-order valence-corrected chi connectivity index (χ4v) is 2.33. The molecule has 3 aromatic rings. The molecule has 6 nitrogen and oxygen atoms in total. The van der Waals surface area contributed by atoms with E-state index in [9.17, 15) is 9.59 Å². The van der Waals surface area contributed by atoms with Crippen molar-refractivity contribution in [1.82, 2.24) is 10.9 Å². The molecule has 0 spiro atoms. The fraction of sp³-hybridized carbons (Fsp3) is 0.0476. The number of rotatable bonds is 5. The Morgan fingerprint density at radius 1 is 0.963 bits per heavy atom. The molecule has 0 unspecified atom stereocenters. The van der Waals surface area contributed by atoms with Gasteiger partial charge in [-0.3, -0.25) is 20.4 Å². The van der Waals surface area contributed by atoms with E-state index in [-0.39, 0.29) is 0 Å². The lowest BCUT2D eigenvalue weighted by Crippen LogP contribution is -2.40. The van der Waals surface area contributed by atoms with Crippen LogP contribution in [0.1, 0.15) is 21.7 Å². The molecular formula is C21H18N2O4. The summed E-state index contributed by atoms with van der Waals surface area (Å²) in [6.07, 6.45) is 4.36. The van der Waals surface area contributed by atoms with Gasteiger partial charge < -0.3 is 9.15 Å². The molecule has 0 bridgehead atoms. The molecule has 1 aromatic heterocycles. The summed E-state index contributed by atoms with van der Waals surface area (Å²) < 4.78 is 10.8. The topological polar surface area (TPSA) is 80.6 Å². The number of ether oxygens (including phenoxy) is 1. The highest BCUT2D eigenvalue weighted by Gasteiger charge is 2.11. The minimum atomic E-state index is -0.459. The van der Waals surface area contributed by atoms with Gasteiger partial charge in [0.05, 0.1) is 11.8 Å². The van der Waals surface area contributed by atoms with E-state index in [0.29, 0.717) is 17.1 Å². The van der Waals surface area contributed by atoms with E-state index < -0.39 is 11.8 Å². The van der Waals surface area contributed by atoms with Gasteiger partial charge in [-0.15, -0.1) is 0 Å². The van der Waals surface area contributed by atoms with E-state index >= 15 is 0 Å². The lowest BCUT2D eigenvalue weighted by molar-refractivity contribution is -0.117. The Balaban J connectivity index is 1.55. The van der Waals surface area contributed by atoms with E-state index in [4.69, 9.17) is 9.15 Å². The number of benzene rings is 2. The fourth-order valence-electron chi connectivity index (χ4n) is 2.33. The highest BCUT2D eigenvalue weighted by molar-refractivity contribution is 5.98. The monoisotopic (exact) mass is 362 g/mol. The molecule has 2 aromatic carbocycles. The number of hydrazine groups is 1. The van der Waals surface area contributed by atoms with Crippen molar-refractivity contribution in [1.29, 1.82) is 0 Å². The number of nitrogens with one attached hydrogen (secondary N) is 2. The van der Waals surface area contributed by atoms with Crippen LogP contribution in [0.3, 0.4) is 0 Å². The first-order valence-electron chi connectivity index (χ1n) is 8.27. The zero-order valence-electron chi connectivity index (χ0n) is 14.6. The maximum atomic E-state index is 11.9. The predicted molar refractivity (Wildman–Crippen MR) is 101 cm³/mol. The van der Waals surface area contributed by atoms with Crippen LogP contribution in [0.15, 0.2) is 77.4 Å². The number of amides is 2. The summed E-state index contributed by atoms with van der Waals surface area (Å²) in [4.78, 5) is 23.8. The van der Waals surface area contributed by atoms with Gasteiger partial charge in [-0.1, -0.05) is 30.3 Å². The standard InChI is InChI=1S/C21H18N2O4/c1-15-19(12-13-26-15)21(25)23-22-20(24)11-10-16-6-5-9-18(14-16)27-17-7-3-2-4-8-17/h2-14H,1H3,(H,22,24)(H,23,25)/b11-10+. The van der Waals surface area contributed by atoms with Crippen molar-refractivity contribution >= 4 is 17.9 Å². The lowest BCUT2D eigenvalue weighted by atomic mass is 10.2. The van der Waals surface area contributed by atoms with Crippen LogP contribution in [0.5, 0.6) is 11.5 Å². The first-order valence-corrected chi connectivity index (χ1v) is 8.27. The molecule has 0 saturated heterocycles. The van der Waals surface area contributed by atoms with Crippen molar-refractivity contribution in [3.63, 3.8) is 0 Å². The van der Waals surface area contributed by atoms with Crippen molar-refractivity contribution in [2.45, 2.75) is 6.92 Å². The number of carbonyl (C=O) groups is 2. The van der Waals surface area contributed by atoms with Gasteiger partial charge in [0.25, 0.3) is 11.8 Å². The third-order valence-electron chi connectivity index (χ3n) is 3.67. The first kappa shape index (κ1) is 18.0. The SMILES string of the molecule is Cc1occc1C(=O)NNC(=O)/C=C/c1cccc(Oc2ccccc2)c1. The quantitative estimate of drug-likeness (QED) is 0.534. The van der Waals surface area contributed by atoms with Gasteiger partial charge >= 0.3 is 0 Å². The van der Waals surface area contributed by atoms with Gasteiger partial charge in [-0.25, -0.2) is 0 Å². The molecule has 0 saturated carbocycles. The van der Waals surface area contributed by atoms with Crippen LogP contribution < -0.4 is 15.6 Å². The minimum absolute atomic E-state index is 0.366. The number of aryl methyl sites for hydroxylation is 1. The lowest BCUT2D eigenvalue weighted by Gasteiger charge is -2.06. The van der Waals surface area contributed by atoms with Gasteiger partial charge in [-0.2, -0.15) is 0 Å². The highest BCUT2D eigenvalue weighted by atomic mass is 16.5. The van der Waals surface area contributed by atoms with E-state index in [0.717, 1.165) is 11.3 Å². The molecule has 1 heterocycles. The summed E-state index contributed by atoms with van der Waals surface area (Å²) in [7, 11) is 0. The average Bonchev–Trinajstić information content (AvgIpc) is 3.11. The minimum Gasteiger partial charge on any atom is -0.469 e. The maximum Gasteiger partial charge on any atom is 0.273 e. The van der Waals surface area contributed by atoms with Gasteiger partial charge in [0.1, 0.15) is 17.3 Å². The number of hydrogen-bond donors (Lipinski definition) is 2. The Labute approximate surface area is 156 Å². The highest BCUT2D eigenvalue weighted by Crippen LogP contribution is 2.22. The van der Waals surface area contributed by atoms with Gasteiger partial charge in [0.2, 0.25) is 0 Å². The largest absolute Gasteiger partial charge is 0.469 e. The van der Waals surface area contributed by atoms with Gasteiger partial charge in [0.15, 0.2) is 0 Å². The van der Waals surface area contributed by atoms with Crippen LogP contribution in [-0.2, 0) is 4.79 Å². The van der Waals surface area contributed by atoms with Crippen molar-refractivity contribution in [3.8, 4) is 11.5 Å². The molecule has 0 aliphatic heterocycles. The Hall–Kier alpha value is -3.80.